The Labute approximate surface area is 134 Å². The van der Waals surface area contributed by atoms with E-state index < -0.39 is 9.84 Å². The van der Waals surface area contributed by atoms with Gasteiger partial charge in [-0.05, 0) is 30.4 Å². The number of fused-ring (bicyclic) bond motifs is 1. The molecule has 0 unspecified atom stereocenters. The number of ether oxygens (including phenoxy) is 1. The van der Waals surface area contributed by atoms with Crippen LogP contribution in [0.5, 0.6) is 0 Å². The lowest BCUT2D eigenvalue weighted by atomic mass is 10.3. The molecule has 1 aromatic heterocycles. The van der Waals surface area contributed by atoms with Crippen molar-refractivity contribution in [2.75, 3.05) is 32.1 Å². The van der Waals surface area contributed by atoms with E-state index in [9.17, 15) is 8.42 Å². The maximum atomic E-state index is 12.1. The molecule has 120 valence electrons. The lowest BCUT2D eigenvalue weighted by molar-refractivity contribution is 0.0234. The van der Waals surface area contributed by atoms with Crippen LogP contribution in [-0.2, 0) is 21.2 Å². The number of hydrogen-bond donors (Lipinski definition) is 0. The summed E-state index contributed by atoms with van der Waals surface area (Å²) < 4.78 is 36.9. The molecule has 0 saturated carbocycles. The zero-order chi connectivity index (χ0) is 15.7. The van der Waals surface area contributed by atoms with Crippen molar-refractivity contribution >= 4 is 33.2 Å². The Morgan fingerprint density at radius 3 is 2.68 bits per heavy atom. The molecule has 0 aliphatic carbocycles. The van der Waals surface area contributed by atoms with E-state index in [0.717, 1.165) is 13.1 Å². The van der Waals surface area contributed by atoms with E-state index in [1.54, 1.807) is 25.1 Å². The molecule has 6 nitrogen and oxygen atoms in total. The third-order valence-electron chi connectivity index (χ3n) is 3.82. The molecule has 1 fully saturated rings. The highest BCUT2D eigenvalue weighted by atomic mass is 32.2. The van der Waals surface area contributed by atoms with Gasteiger partial charge in [-0.2, -0.15) is 0 Å². The van der Waals surface area contributed by atoms with Gasteiger partial charge >= 0.3 is 0 Å². The molecule has 0 N–H and O–H groups in total. The van der Waals surface area contributed by atoms with Crippen molar-refractivity contribution in [3.63, 3.8) is 0 Å². The molecule has 1 saturated heterocycles. The van der Waals surface area contributed by atoms with Gasteiger partial charge in [0.15, 0.2) is 15.4 Å². The van der Waals surface area contributed by atoms with E-state index in [0.29, 0.717) is 40.7 Å². The number of aromatic nitrogens is 1. The summed E-state index contributed by atoms with van der Waals surface area (Å²) in [5.74, 6) is 0.0700. The first-order valence-corrected chi connectivity index (χ1v) is 9.23. The first-order valence-electron chi connectivity index (χ1n) is 7.17. The first kappa shape index (κ1) is 15.7. The van der Waals surface area contributed by atoms with E-state index in [4.69, 9.17) is 21.4 Å². The fourth-order valence-electron chi connectivity index (χ4n) is 2.48. The molecule has 2 aromatic rings. The Morgan fingerprint density at radius 2 is 2.00 bits per heavy atom. The summed E-state index contributed by atoms with van der Waals surface area (Å²) >= 11 is 5.28. The number of sulfone groups is 1. The number of hydrogen-bond acceptors (Lipinski definition) is 6. The van der Waals surface area contributed by atoms with Crippen LogP contribution in [0.25, 0.3) is 11.1 Å². The Balaban J connectivity index is 2.03. The second-order valence-electron chi connectivity index (χ2n) is 5.20. The van der Waals surface area contributed by atoms with Crippen LogP contribution < -0.4 is 0 Å². The van der Waals surface area contributed by atoms with Crippen molar-refractivity contribution in [3.05, 3.63) is 23.0 Å². The maximum absolute atomic E-state index is 12.1. The second-order valence-corrected chi connectivity index (χ2v) is 7.83. The number of oxazole rings is 1. The molecule has 2 heterocycles. The van der Waals surface area contributed by atoms with E-state index in [1.165, 1.54) is 0 Å². The summed E-state index contributed by atoms with van der Waals surface area (Å²) in [6, 6.07) is 4.88. The van der Waals surface area contributed by atoms with Gasteiger partial charge in [0, 0.05) is 13.1 Å². The van der Waals surface area contributed by atoms with Crippen molar-refractivity contribution in [3.8, 4) is 0 Å². The largest absolute Gasteiger partial charge is 0.429 e. The van der Waals surface area contributed by atoms with E-state index in [1.807, 2.05) is 4.57 Å². The Hall–Kier alpha value is -1.22. The highest BCUT2D eigenvalue weighted by Gasteiger charge is 2.17. The quantitative estimate of drug-likeness (QED) is 0.793. The normalized spacial score (nSPS) is 17.1. The molecule has 0 radical (unpaired) electrons. The monoisotopic (exact) mass is 342 g/mol. The summed E-state index contributed by atoms with van der Waals surface area (Å²) in [5, 5.41) is 0. The van der Waals surface area contributed by atoms with Gasteiger partial charge in [-0.15, -0.1) is 0 Å². The molecule has 1 aromatic carbocycles. The predicted octanol–water partition coefficient (Wildman–Crippen LogP) is 2.05. The van der Waals surface area contributed by atoms with Gasteiger partial charge in [0.1, 0.15) is 0 Å². The third-order valence-corrected chi connectivity index (χ3v) is 5.86. The van der Waals surface area contributed by atoms with E-state index in [2.05, 4.69) is 4.90 Å². The lowest BCUT2D eigenvalue weighted by Crippen LogP contribution is -2.37. The highest BCUT2D eigenvalue weighted by Crippen LogP contribution is 2.23. The SMILES string of the molecule is CCS(=O)(=O)c1ccc2oc(=S)n(CN3CCOCC3)c2c1. The second kappa shape index (κ2) is 6.11. The summed E-state index contributed by atoms with van der Waals surface area (Å²) in [6.07, 6.45) is 0. The average Bonchev–Trinajstić information content (AvgIpc) is 2.83. The van der Waals surface area contributed by atoms with Gasteiger partial charge < -0.3 is 9.15 Å². The number of nitrogens with zero attached hydrogens (tertiary/aromatic N) is 2. The zero-order valence-corrected chi connectivity index (χ0v) is 14.0. The number of morpholine rings is 1. The first-order chi connectivity index (χ1) is 10.5. The van der Waals surface area contributed by atoms with Crippen LogP contribution in [0.2, 0.25) is 0 Å². The summed E-state index contributed by atoms with van der Waals surface area (Å²) in [5.41, 5.74) is 1.32. The van der Waals surface area contributed by atoms with Crippen LogP contribution in [0.15, 0.2) is 27.5 Å². The lowest BCUT2D eigenvalue weighted by Gasteiger charge is -2.26. The fraction of sp³-hybridized carbons (Fsp3) is 0.500. The van der Waals surface area contributed by atoms with Crippen molar-refractivity contribution in [2.45, 2.75) is 18.5 Å². The molecule has 3 rings (SSSR count). The third kappa shape index (κ3) is 2.96. The average molecular weight is 342 g/mol. The topological polar surface area (TPSA) is 64.7 Å². The standard InChI is InChI=1S/C14H18N2O4S2/c1-2-22(17,18)11-3-4-13-12(9-11)16(14(21)20-13)10-15-5-7-19-8-6-15/h3-4,9H,2,5-8,10H2,1H3. The Morgan fingerprint density at radius 1 is 1.27 bits per heavy atom. The molecule has 0 spiro atoms. The summed E-state index contributed by atoms with van der Waals surface area (Å²) in [6.45, 7) is 5.24. The summed E-state index contributed by atoms with van der Waals surface area (Å²) in [4.78, 5) is 2.86. The molecule has 0 amide bonds. The van der Waals surface area contributed by atoms with Crippen molar-refractivity contribution in [1.82, 2.24) is 9.47 Å². The van der Waals surface area contributed by atoms with Gasteiger partial charge in [-0.3, -0.25) is 9.47 Å². The highest BCUT2D eigenvalue weighted by molar-refractivity contribution is 7.91. The maximum Gasteiger partial charge on any atom is 0.270 e. The van der Waals surface area contributed by atoms with Crippen molar-refractivity contribution in [2.24, 2.45) is 0 Å². The molecule has 0 bridgehead atoms. The van der Waals surface area contributed by atoms with Crippen LogP contribution in [0, 0.1) is 4.84 Å². The van der Waals surface area contributed by atoms with E-state index >= 15 is 0 Å². The van der Waals surface area contributed by atoms with Gasteiger partial charge in [0.05, 0.1) is 36.0 Å². The Bertz CT molecular complexity index is 832. The minimum Gasteiger partial charge on any atom is -0.429 e. The predicted molar refractivity (Wildman–Crippen MR) is 85.2 cm³/mol. The van der Waals surface area contributed by atoms with Gasteiger partial charge in [0.25, 0.3) is 4.84 Å². The van der Waals surface area contributed by atoms with E-state index in [-0.39, 0.29) is 5.75 Å². The molecular weight excluding hydrogens is 324 g/mol. The van der Waals surface area contributed by atoms with Crippen molar-refractivity contribution < 1.29 is 17.6 Å². The molecule has 8 heteroatoms. The van der Waals surface area contributed by atoms with Gasteiger partial charge in [-0.1, -0.05) is 6.92 Å². The van der Waals surface area contributed by atoms with Crippen LogP contribution >= 0.6 is 12.2 Å². The molecule has 1 aliphatic rings. The van der Waals surface area contributed by atoms with Gasteiger partial charge in [-0.25, -0.2) is 8.42 Å². The van der Waals surface area contributed by atoms with Crippen LogP contribution in [0.4, 0.5) is 0 Å². The van der Waals surface area contributed by atoms with Crippen LogP contribution in [0.1, 0.15) is 6.92 Å². The van der Waals surface area contributed by atoms with Gasteiger partial charge in [0.2, 0.25) is 0 Å². The van der Waals surface area contributed by atoms with Crippen molar-refractivity contribution in [1.29, 1.82) is 0 Å². The minimum absolute atomic E-state index is 0.0700. The van der Waals surface area contributed by atoms with Crippen LogP contribution in [0.3, 0.4) is 0 Å². The van der Waals surface area contributed by atoms with Crippen LogP contribution in [-0.4, -0.2) is 49.9 Å². The number of benzene rings is 1. The molecule has 0 atom stereocenters. The molecule has 22 heavy (non-hydrogen) atoms. The summed E-state index contributed by atoms with van der Waals surface area (Å²) in [7, 11) is -3.25. The minimum atomic E-state index is -3.25. The smallest absolute Gasteiger partial charge is 0.270 e. The Kier molecular flexibility index (Phi) is 4.35. The number of rotatable bonds is 4. The zero-order valence-electron chi connectivity index (χ0n) is 12.3. The molecule has 1 aliphatic heterocycles. The fourth-order valence-corrected chi connectivity index (χ4v) is 3.62. The molecular formula is C14H18N2O4S2.